The molecule has 6 nitrogen and oxygen atoms in total. The highest BCUT2D eigenvalue weighted by atomic mass is 19.3. The van der Waals surface area contributed by atoms with E-state index in [0.717, 1.165) is 0 Å². The lowest BCUT2D eigenvalue weighted by molar-refractivity contribution is -0.366. The molecule has 2 aliphatic heterocycles. The van der Waals surface area contributed by atoms with Crippen molar-refractivity contribution in [3.8, 4) is 0 Å². The highest BCUT2D eigenvalue weighted by Gasteiger charge is 2.79. The molecular weight excluding hydrogens is 338 g/mol. The number of halogens is 6. The first-order valence-electron chi connectivity index (χ1n) is 5.61. The minimum Gasteiger partial charge on any atom is -0.269 e. The van der Waals surface area contributed by atoms with Crippen LogP contribution in [0.5, 0.6) is 0 Å². The molecule has 0 spiro atoms. The summed E-state index contributed by atoms with van der Waals surface area (Å²) in [6.45, 7) is 0. The predicted molar refractivity (Wildman–Crippen MR) is 56.8 cm³/mol. The van der Waals surface area contributed by atoms with Crippen LogP contribution < -0.4 is 0 Å². The number of carbonyl (C=O) groups excluding carboxylic acids is 4. The normalized spacial score (nSPS) is 19.6. The van der Waals surface area contributed by atoms with Gasteiger partial charge in [-0.05, 0) is 0 Å². The third-order valence-electron chi connectivity index (χ3n) is 2.94. The number of nitrogens with zero attached hydrogens (tertiary/aromatic N) is 2. The molecule has 0 aliphatic carbocycles. The molecule has 124 valence electrons. The third kappa shape index (κ3) is 2.04. The summed E-state index contributed by atoms with van der Waals surface area (Å²) in [4.78, 5) is 41.5. The van der Waals surface area contributed by atoms with Gasteiger partial charge in [-0.3, -0.25) is 19.2 Å². The summed E-state index contributed by atoms with van der Waals surface area (Å²) < 4.78 is 82.5. The second-order valence-corrected chi connectivity index (χ2v) is 4.35. The monoisotopic (exact) mass is 342 g/mol. The number of hydrogen-bond donors (Lipinski definition) is 0. The van der Waals surface area contributed by atoms with E-state index in [9.17, 15) is 45.5 Å². The van der Waals surface area contributed by atoms with E-state index in [-0.39, 0.29) is 24.3 Å². The van der Waals surface area contributed by atoms with Crippen molar-refractivity contribution in [3.63, 3.8) is 0 Å². The zero-order chi connectivity index (χ0) is 17.8. The summed E-state index contributed by atoms with van der Waals surface area (Å²) >= 11 is 0. The molecular formula is C11H4F6N2O4. The first-order valence-corrected chi connectivity index (χ1v) is 5.61. The molecule has 0 saturated carbocycles. The Bertz CT molecular complexity index is 592. The molecule has 23 heavy (non-hydrogen) atoms. The number of carbonyl (C=O) groups is 4. The smallest absolute Gasteiger partial charge is 0.269 e. The summed E-state index contributed by atoms with van der Waals surface area (Å²) in [6, 6.07) is -12.0. The first kappa shape index (κ1) is 16.7. The average molecular weight is 342 g/mol. The van der Waals surface area contributed by atoms with Gasteiger partial charge >= 0.3 is 18.0 Å². The van der Waals surface area contributed by atoms with Crippen LogP contribution in [0.1, 0.15) is 0 Å². The van der Waals surface area contributed by atoms with Crippen molar-refractivity contribution in [2.45, 2.75) is 18.0 Å². The lowest BCUT2D eigenvalue weighted by Crippen LogP contribution is -2.69. The Morgan fingerprint density at radius 2 is 0.783 bits per heavy atom. The highest BCUT2D eigenvalue weighted by Crippen LogP contribution is 2.50. The van der Waals surface area contributed by atoms with Crippen LogP contribution in [-0.4, -0.2) is 51.4 Å². The number of hydrogen-bond acceptors (Lipinski definition) is 4. The van der Waals surface area contributed by atoms with Gasteiger partial charge in [-0.1, -0.05) is 0 Å². The molecule has 0 aromatic rings. The molecule has 4 amide bonds. The van der Waals surface area contributed by atoms with Gasteiger partial charge in [-0.25, -0.2) is 9.80 Å². The van der Waals surface area contributed by atoms with Crippen molar-refractivity contribution < 1.29 is 45.5 Å². The highest BCUT2D eigenvalue weighted by molar-refractivity contribution is 6.14. The Balaban J connectivity index is 2.47. The Kier molecular flexibility index (Phi) is 3.39. The molecule has 0 N–H and O–H groups in total. The van der Waals surface area contributed by atoms with Gasteiger partial charge in [0.15, 0.2) is 0 Å². The van der Waals surface area contributed by atoms with E-state index < -0.39 is 51.4 Å². The van der Waals surface area contributed by atoms with E-state index in [1.807, 2.05) is 0 Å². The van der Waals surface area contributed by atoms with Gasteiger partial charge in [0.2, 0.25) is 0 Å². The fourth-order valence-electron chi connectivity index (χ4n) is 1.82. The number of rotatable bonds is 4. The molecule has 2 rings (SSSR count). The van der Waals surface area contributed by atoms with Crippen LogP contribution in [0.25, 0.3) is 0 Å². The zero-order valence-corrected chi connectivity index (χ0v) is 10.6. The van der Waals surface area contributed by atoms with E-state index in [4.69, 9.17) is 0 Å². The molecule has 0 aromatic carbocycles. The standard InChI is InChI=1S/C11H4F6N2O4/c12-9(13,10(14,15)18-5(20)1-2-6(18)21)11(16,17)19-7(22)3-4-8(19)23/h1-4H. The lowest BCUT2D eigenvalue weighted by atomic mass is 10.2. The molecule has 0 fully saturated rings. The van der Waals surface area contributed by atoms with Crippen molar-refractivity contribution in [1.82, 2.24) is 9.80 Å². The van der Waals surface area contributed by atoms with E-state index >= 15 is 0 Å². The molecule has 2 heterocycles. The third-order valence-corrected chi connectivity index (χ3v) is 2.94. The number of imide groups is 2. The van der Waals surface area contributed by atoms with Crippen molar-refractivity contribution >= 4 is 23.6 Å². The summed E-state index contributed by atoms with van der Waals surface area (Å²) in [5, 5.41) is 0. The lowest BCUT2D eigenvalue weighted by Gasteiger charge is -2.38. The van der Waals surface area contributed by atoms with Crippen LogP contribution in [0.3, 0.4) is 0 Å². The van der Waals surface area contributed by atoms with Crippen LogP contribution in [0, 0.1) is 0 Å². The maximum absolute atomic E-state index is 13.8. The van der Waals surface area contributed by atoms with Crippen molar-refractivity contribution in [2.24, 2.45) is 0 Å². The van der Waals surface area contributed by atoms with Crippen molar-refractivity contribution in [2.75, 3.05) is 0 Å². The van der Waals surface area contributed by atoms with Crippen LogP contribution in [0.2, 0.25) is 0 Å². The van der Waals surface area contributed by atoms with Crippen molar-refractivity contribution in [1.29, 1.82) is 0 Å². The molecule has 12 heteroatoms. The molecule has 0 saturated heterocycles. The molecule has 0 aromatic heterocycles. The van der Waals surface area contributed by atoms with Gasteiger partial charge in [0.25, 0.3) is 23.6 Å². The van der Waals surface area contributed by atoms with Crippen molar-refractivity contribution in [3.05, 3.63) is 24.3 Å². The topological polar surface area (TPSA) is 74.8 Å². The SMILES string of the molecule is O=C1C=CC(=O)N1C(F)(F)C(F)(F)C(F)(F)N1C(=O)C=CC1=O. The first-order chi connectivity index (χ1) is 10.4. The number of amides is 4. The largest absolute Gasteiger partial charge is 0.412 e. The minimum atomic E-state index is -6.44. The summed E-state index contributed by atoms with van der Waals surface area (Å²) in [6.07, 6.45) is 0.715. The second-order valence-electron chi connectivity index (χ2n) is 4.35. The molecule has 2 aliphatic rings. The van der Waals surface area contributed by atoms with Gasteiger partial charge in [-0.15, -0.1) is 0 Å². The van der Waals surface area contributed by atoms with E-state index in [1.165, 1.54) is 0 Å². The summed E-state index contributed by atoms with van der Waals surface area (Å²) in [7, 11) is 0. The second kappa shape index (κ2) is 4.67. The fourth-order valence-corrected chi connectivity index (χ4v) is 1.82. The van der Waals surface area contributed by atoms with Gasteiger partial charge in [-0.2, -0.15) is 26.3 Å². The molecule has 0 unspecified atom stereocenters. The quantitative estimate of drug-likeness (QED) is 0.427. The summed E-state index contributed by atoms with van der Waals surface area (Å²) in [5.74, 6) is -14.2. The van der Waals surface area contributed by atoms with Crippen LogP contribution in [0.4, 0.5) is 26.3 Å². The Morgan fingerprint density at radius 3 is 1.00 bits per heavy atom. The maximum atomic E-state index is 13.8. The Morgan fingerprint density at radius 1 is 0.565 bits per heavy atom. The predicted octanol–water partition coefficient (Wildman–Crippen LogP) is 0.657. The van der Waals surface area contributed by atoms with E-state index in [0.29, 0.717) is 0 Å². The van der Waals surface area contributed by atoms with Crippen LogP contribution >= 0.6 is 0 Å². The van der Waals surface area contributed by atoms with Crippen LogP contribution in [0.15, 0.2) is 24.3 Å². The number of alkyl halides is 6. The molecule has 0 atom stereocenters. The molecule has 0 bridgehead atoms. The Hall–Kier alpha value is -2.66. The van der Waals surface area contributed by atoms with Crippen LogP contribution in [-0.2, 0) is 19.2 Å². The summed E-state index contributed by atoms with van der Waals surface area (Å²) in [5.41, 5.74) is 0. The minimum absolute atomic E-state index is 0.179. The van der Waals surface area contributed by atoms with Gasteiger partial charge in [0.1, 0.15) is 0 Å². The maximum Gasteiger partial charge on any atom is 0.412 e. The van der Waals surface area contributed by atoms with E-state index in [1.54, 1.807) is 0 Å². The average Bonchev–Trinajstić information content (AvgIpc) is 2.92. The fraction of sp³-hybridized carbons (Fsp3) is 0.273. The van der Waals surface area contributed by atoms with Gasteiger partial charge in [0.05, 0.1) is 0 Å². The Labute approximate surface area is 122 Å². The van der Waals surface area contributed by atoms with Gasteiger partial charge < -0.3 is 0 Å². The molecule has 0 radical (unpaired) electrons. The van der Waals surface area contributed by atoms with E-state index in [2.05, 4.69) is 0 Å². The zero-order valence-electron chi connectivity index (χ0n) is 10.6. The van der Waals surface area contributed by atoms with Gasteiger partial charge in [0, 0.05) is 24.3 Å².